The summed E-state index contributed by atoms with van der Waals surface area (Å²) in [6.45, 7) is 0. The molecule has 0 rings (SSSR count). The van der Waals surface area contributed by atoms with Gasteiger partial charge in [-0.15, -0.1) is 0 Å². The van der Waals surface area contributed by atoms with Crippen LogP contribution < -0.4 is 0 Å². The van der Waals surface area contributed by atoms with Gasteiger partial charge in [0.15, 0.2) is 0 Å². The van der Waals surface area contributed by atoms with Crippen LogP contribution in [0.1, 0.15) is 0 Å². The van der Waals surface area contributed by atoms with Crippen molar-refractivity contribution in [3.8, 4) is 0 Å². The molecule has 16 heteroatoms. The molecule has 14 radical (unpaired) electrons. The number of hydrogen-bond acceptors (Lipinski definition) is 0. The van der Waals surface area contributed by atoms with Gasteiger partial charge in [-0.1, -0.05) is 0 Å². The van der Waals surface area contributed by atoms with E-state index in [9.17, 15) is 0 Å². The van der Waals surface area contributed by atoms with Crippen LogP contribution in [0.25, 0.3) is 0 Å². The monoisotopic (exact) mass is 2020 g/mol. The third kappa shape index (κ3) is 101. The van der Waals surface area contributed by atoms with Gasteiger partial charge in [-0.3, -0.25) is 0 Å². The molecule has 0 N–H and O–H groups in total. The first-order chi connectivity index (χ1) is 0. The quantitative estimate of drug-likeness (QED) is 0.269. The molecule has 0 bridgehead atoms. The average molecular weight is 2020 g/mol. The van der Waals surface area contributed by atoms with Gasteiger partial charge in [0.25, 0.3) is 0 Å². The molecule has 0 aromatic rings. The second kappa shape index (κ2) is 112. The second-order valence-electron chi connectivity index (χ2n) is 0. The predicted molar refractivity (Wildman–Crippen MR) is 17.3 cm³/mol. The fourth-order valence-electron chi connectivity index (χ4n) is 0. The second-order valence-corrected chi connectivity index (χ2v) is 0. The Morgan fingerprint density at radius 3 is 1.00 bits per heavy atom. The zero-order chi connectivity index (χ0) is 0. The van der Waals surface area contributed by atoms with Crippen molar-refractivity contribution < 1.29 is 398 Å². The normalized spacial score (nSPS) is 0. The first-order valence-electron chi connectivity index (χ1n) is 0. The largest absolute Gasteiger partial charge is 0 e. The summed E-state index contributed by atoms with van der Waals surface area (Å²) in [5.74, 6) is 0. The van der Waals surface area contributed by atoms with Crippen molar-refractivity contribution in [2.24, 2.45) is 0 Å². The molecule has 0 amide bonds. The topological polar surface area (TPSA) is 0 Å². The molecular formula is CeDyErHfInMoNbNdScSiSnTbThWZnZr. The van der Waals surface area contributed by atoms with Crippen LogP contribution in [-0.4, -0.2) is 60.7 Å². The predicted octanol–water partition coefficient (Wildman–Crippen LogP) is -1.16. The van der Waals surface area contributed by atoms with E-state index in [2.05, 4.69) is 0 Å². The minimum absolute atomic E-state index is 0. The van der Waals surface area contributed by atoms with E-state index in [1.54, 1.807) is 0 Å². The van der Waals surface area contributed by atoms with Crippen LogP contribution >= 0.6 is 0 Å². The van der Waals surface area contributed by atoms with Gasteiger partial charge in [0, 0.05) is 459 Å². The van der Waals surface area contributed by atoms with Crippen molar-refractivity contribution in [1.82, 2.24) is 0 Å². The molecule has 0 unspecified atom stereocenters. The van der Waals surface area contributed by atoms with E-state index in [1.165, 1.54) is 0 Å². The SMILES string of the molecule is [Ce].[Dy].[Er].[Hf].[In].[Mo].[Nb].[Nd].[Sc].[Si].[Sn].[Tb].[Th].[W].[Zn].[Zr]. The maximum absolute atomic E-state index is 0. The van der Waals surface area contributed by atoms with Crippen molar-refractivity contribution >= 4 is 60.7 Å². The third-order valence-electron chi connectivity index (χ3n) is 0. The molecule has 0 saturated heterocycles. The molecule has 0 aliphatic heterocycles. The Balaban J connectivity index is 0. The molecule has 0 spiro atoms. The summed E-state index contributed by atoms with van der Waals surface area (Å²) >= 11 is 0. The first kappa shape index (κ1) is 124. The minimum atomic E-state index is 0. The van der Waals surface area contributed by atoms with E-state index >= 15 is 0 Å². The van der Waals surface area contributed by atoms with Crippen molar-refractivity contribution in [2.75, 3.05) is 0 Å². The van der Waals surface area contributed by atoms with Crippen LogP contribution in [0.2, 0.25) is 0 Å². The summed E-state index contributed by atoms with van der Waals surface area (Å²) in [5, 5.41) is 0. The fourth-order valence-corrected chi connectivity index (χ4v) is 0. The Hall–Kier alpha value is 15.1. The zero-order valence-corrected chi connectivity index (χ0v) is 49.2. The van der Waals surface area contributed by atoms with Crippen LogP contribution in [0, 0.1) is 237 Å². The molecule has 0 atom stereocenters. The van der Waals surface area contributed by atoms with Gasteiger partial charge in [0.1, 0.15) is 0 Å². The van der Waals surface area contributed by atoms with Gasteiger partial charge in [-0.05, 0) is 0 Å². The molecular weight excluding hydrogens is 2020 g/mol. The van der Waals surface area contributed by atoms with Crippen molar-refractivity contribution in [3.63, 3.8) is 0 Å². The fraction of sp³-hybridized carbons (Fsp3) is 0. The Labute approximate surface area is 443 Å². The molecule has 16 heavy (non-hydrogen) atoms. The molecule has 0 aliphatic carbocycles. The van der Waals surface area contributed by atoms with E-state index in [0.29, 0.717) is 0 Å². The van der Waals surface area contributed by atoms with Crippen molar-refractivity contribution in [2.45, 2.75) is 0 Å². The Morgan fingerprint density at radius 1 is 1.00 bits per heavy atom. The summed E-state index contributed by atoms with van der Waals surface area (Å²) in [6.07, 6.45) is 0. The summed E-state index contributed by atoms with van der Waals surface area (Å²) in [7, 11) is 0. The summed E-state index contributed by atoms with van der Waals surface area (Å²) < 4.78 is 0. The first-order valence-corrected chi connectivity index (χ1v) is 0. The molecule has 84 valence electrons. The van der Waals surface area contributed by atoms with Gasteiger partial charge in [-0.2, -0.15) is 0 Å². The average Bonchev–Trinajstić information content (AvgIpc) is 0. The minimum Gasteiger partial charge on any atom is 0 e. The van der Waals surface area contributed by atoms with E-state index in [-0.39, 0.29) is 459 Å². The molecule has 0 fully saturated rings. The molecule has 0 aromatic heterocycles. The van der Waals surface area contributed by atoms with E-state index in [1.807, 2.05) is 0 Å². The maximum Gasteiger partial charge on any atom is 0 e. The summed E-state index contributed by atoms with van der Waals surface area (Å²) in [6, 6.07) is 0. The van der Waals surface area contributed by atoms with Crippen LogP contribution in [-0.2, 0) is 162 Å². The zero-order valence-electron chi connectivity index (χ0n) is 7.56. The Bertz CT molecular complexity index is 64.0. The van der Waals surface area contributed by atoms with E-state index in [0.717, 1.165) is 0 Å². The smallest absolute Gasteiger partial charge is 0 e. The molecule has 0 aromatic carbocycles. The van der Waals surface area contributed by atoms with Crippen LogP contribution in [0.3, 0.4) is 0 Å². The summed E-state index contributed by atoms with van der Waals surface area (Å²) in [4.78, 5) is 0. The molecule has 0 nitrogen and oxygen atoms in total. The van der Waals surface area contributed by atoms with Gasteiger partial charge in [0.05, 0.1) is 0 Å². The maximum atomic E-state index is 0. The van der Waals surface area contributed by atoms with Gasteiger partial charge >= 0.3 is 0 Å². The van der Waals surface area contributed by atoms with Gasteiger partial charge < -0.3 is 0 Å². The molecule has 0 saturated carbocycles. The number of rotatable bonds is 0. The number of hydrogen-bond donors (Lipinski definition) is 0. The standard InChI is InChI=1S/Ce.Dy.Er.Hf.In.Mo.Nb.Nd.Sc.Si.Sn.Tb.Th.W.Zn.Zr. The van der Waals surface area contributed by atoms with Gasteiger partial charge in [-0.25, -0.2) is 0 Å². The summed E-state index contributed by atoms with van der Waals surface area (Å²) in [5.41, 5.74) is 0. The molecule has 0 aliphatic rings. The third-order valence-corrected chi connectivity index (χ3v) is 0. The van der Waals surface area contributed by atoms with Crippen LogP contribution in [0.4, 0.5) is 0 Å². The Kier molecular flexibility index (Phi) is 863. The van der Waals surface area contributed by atoms with Crippen molar-refractivity contribution in [1.29, 1.82) is 0 Å². The molecule has 0 heterocycles. The van der Waals surface area contributed by atoms with Crippen molar-refractivity contribution in [3.05, 3.63) is 0 Å². The van der Waals surface area contributed by atoms with Crippen LogP contribution in [0.15, 0.2) is 0 Å². The van der Waals surface area contributed by atoms with E-state index < -0.39 is 0 Å². The van der Waals surface area contributed by atoms with E-state index in [4.69, 9.17) is 0 Å². The van der Waals surface area contributed by atoms with Crippen LogP contribution in [0.5, 0.6) is 0 Å². The Morgan fingerprint density at radius 2 is 1.00 bits per heavy atom. The van der Waals surface area contributed by atoms with Gasteiger partial charge in [0.2, 0.25) is 0 Å².